The molecule has 2 atom stereocenters. The lowest BCUT2D eigenvalue weighted by Crippen LogP contribution is -2.37. The number of benzene rings is 1. The number of hydrogen-bond acceptors (Lipinski definition) is 5. The molecule has 5 rings (SSSR count). The smallest absolute Gasteiger partial charge is 0.410 e. The molecule has 3 aliphatic rings. The number of aromatic nitrogens is 2. The molecule has 1 aliphatic carbocycles. The van der Waals surface area contributed by atoms with Crippen LogP contribution in [0.4, 0.5) is 19.0 Å². The van der Waals surface area contributed by atoms with Crippen molar-refractivity contribution in [2.75, 3.05) is 12.1 Å². The van der Waals surface area contributed by atoms with Gasteiger partial charge < -0.3 is 20.1 Å². The Hall–Kier alpha value is -2.91. The van der Waals surface area contributed by atoms with Crippen LogP contribution in [0.15, 0.2) is 24.3 Å². The third-order valence-electron chi connectivity index (χ3n) is 6.16. The van der Waals surface area contributed by atoms with Crippen LogP contribution < -0.4 is 20.1 Å². The molecule has 31 heavy (non-hydrogen) atoms. The van der Waals surface area contributed by atoms with E-state index >= 15 is 0 Å². The largest absolute Gasteiger partial charge is 0.454 e. The number of amides is 1. The van der Waals surface area contributed by atoms with Crippen molar-refractivity contribution in [3.8, 4) is 11.5 Å². The Morgan fingerprint density at radius 2 is 1.90 bits per heavy atom. The predicted molar refractivity (Wildman–Crippen MR) is 105 cm³/mol. The summed E-state index contributed by atoms with van der Waals surface area (Å²) < 4.78 is 53.2. The summed E-state index contributed by atoms with van der Waals surface area (Å²) in [6.07, 6.45) is 0.239. The van der Waals surface area contributed by atoms with Gasteiger partial charge in [0, 0.05) is 18.5 Å². The summed E-state index contributed by atoms with van der Waals surface area (Å²) in [7, 11) is 0. The van der Waals surface area contributed by atoms with Crippen molar-refractivity contribution in [3.05, 3.63) is 35.5 Å². The van der Waals surface area contributed by atoms with E-state index in [0.717, 1.165) is 36.8 Å². The molecule has 166 valence electrons. The number of nitrogens with zero attached hydrogens (tertiary/aromatic N) is 2. The first-order valence-electron chi connectivity index (χ1n) is 10.5. The van der Waals surface area contributed by atoms with Gasteiger partial charge in [-0.3, -0.25) is 4.79 Å². The van der Waals surface area contributed by atoms with Gasteiger partial charge in [-0.25, -0.2) is 4.68 Å². The average Bonchev–Trinajstić information content (AvgIpc) is 3.39. The van der Waals surface area contributed by atoms with Crippen LogP contribution in [0.25, 0.3) is 0 Å². The number of hydrogen-bond donors (Lipinski definition) is 2. The molecule has 1 aromatic carbocycles. The van der Waals surface area contributed by atoms with Crippen LogP contribution in [0.2, 0.25) is 0 Å². The van der Waals surface area contributed by atoms with Crippen LogP contribution in [0.5, 0.6) is 11.5 Å². The maximum atomic E-state index is 13.9. The van der Waals surface area contributed by atoms with Crippen molar-refractivity contribution in [2.45, 2.75) is 62.8 Å². The van der Waals surface area contributed by atoms with Gasteiger partial charge in [0.15, 0.2) is 23.2 Å². The number of halogens is 3. The second-order valence-corrected chi connectivity index (χ2v) is 8.27. The van der Waals surface area contributed by atoms with E-state index in [1.54, 1.807) is 18.2 Å². The number of ether oxygens (including phenoxy) is 2. The Morgan fingerprint density at radius 1 is 1.13 bits per heavy atom. The summed E-state index contributed by atoms with van der Waals surface area (Å²) in [4.78, 5) is 12.6. The van der Waals surface area contributed by atoms with Crippen molar-refractivity contribution >= 4 is 11.7 Å². The average molecular weight is 436 g/mol. The van der Waals surface area contributed by atoms with Crippen LogP contribution in [-0.2, 0) is 0 Å². The molecule has 1 saturated carbocycles. The third kappa shape index (κ3) is 3.90. The summed E-state index contributed by atoms with van der Waals surface area (Å²) in [6, 6.07) is 4.10. The molecule has 1 aromatic heterocycles. The lowest BCUT2D eigenvalue weighted by molar-refractivity contribution is -0.173. The zero-order chi connectivity index (χ0) is 21.6. The molecule has 7 nitrogen and oxygen atoms in total. The number of anilines is 1. The van der Waals surface area contributed by atoms with Crippen molar-refractivity contribution in [1.29, 1.82) is 0 Å². The molecule has 0 radical (unpaired) electrons. The second kappa shape index (κ2) is 7.65. The van der Waals surface area contributed by atoms with E-state index in [1.807, 2.05) is 0 Å². The molecule has 0 bridgehead atoms. The van der Waals surface area contributed by atoms with Gasteiger partial charge in [-0.05, 0) is 30.5 Å². The number of nitrogens with one attached hydrogen (secondary N) is 2. The SMILES string of the molecule is O=C(NC1CCCCC1)c1cc2n(n1)[C@@H](C(F)(F)F)C[C@H](c1ccc3c(c1)OCO3)N2. The lowest BCUT2D eigenvalue weighted by Gasteiger charge is -2.33. The maximum absolute atomic E-state index is 13.9. The van der Waals surface area contributed by atoms with Crippen molar-refractivity contribution in [2.24, 2.45) is 0 Å². The Bertz CT molecular complexity index is 985. The Balaban J connectivity index is 1.41. The van der Waals surface area contributed by atoms with Gasteiger partial charge in [0.1, 0.15) is 5.82 Å². The first-order chi connectivity index (χ1) is 14.9. The second-order valence-electron chi connectivity index (χ2n) is 8.27. The minimum Gasteiger partial charge on any atom is -0.454 e. The van der Waals surface area contributed by atoms with Crippen LogP contribution in [-0.4, -0.2) is 34.7 Å². The van der Waals surface area contributed by atoms with Crippen LogP contribution in [0.1, 0.15) is 66.7 Å². The molecule has 1 amide bonds. The Labute approximate surface area is 176 Å². The maximum Gasteiger partial charge on any atom is 0.410 e. The molecule has 2 N–H and O–H groups in total. The summed E-state index contributed by atoms with van der Waals surface area (Å²) in [5, 5.41) is 10.1. The van der Waals surface area contributed by atoms with E-state index in [-0.39, 0.29) is 30.8 Å². The van der Waals surface area contributed by atoms with E-state index in [0.29, 0.717) is 17.1 Å². The van der Waals surface area contributed by atoms with E-state index < -0.39 is 24.2 Å². The third-order valence-corrected chi connectivity index (χ3v) is 6.16. The Kier molecular flexibility index (Phi) is 4.94. The van der Waals surface area contributed by atoms with Gasteiger partial charge in [-0.2, -0.15) is 18.3 Å². The van der Waals surface area contributed by atoms with E-state index in [4.69, 9.17) is 9.47 Å². The number of fused-ring (bicyclic) bond motifs is 2. The molecular formula is C21H23F3N4O3. The minimum absolute atomic E-state index is 0.00587. The highest BCUT2D eigenvalue weighted by Crippen LogP contribution is 2.45. The zero-order valence-electron chi connectivity index (χ0n) is 16.7. The highest BCUT2D eigenvalue weighted by atomic mass is 19.4. The molecule has 2 aliphatic heterocycles. The van der Waals surface area contributed by atoms with E-state index in [1.165, 1.54) is 6.07 Å². The highest BCUT2D eigenvalue weighted by Gasteiger charge is 2.47. The molecule has 0 saturated heterocycles. The molecule has 0 spiro atoms. The zero-order valence-corrected chi connectivity index (χ0v) is 16.7. The molecule has 3 heterocycles. The first-order valence-corrected chi connectivity index (χ1v) is 10.5. The highest BCUT2D eigenvalue weighted by molar-refractivity contribution is 5.93. The fourth-order valence-corrected chi connectivity index (χ4v) is 4.54. The van der Waals surface area contributed by atoms with Crippen molar-refractivity contribution in [1.82, 2.24) is 15.1 Å². The topological polar surface area (TPSA) is 77.4 Å². The fraction of sp³-hybridized carbons (Fsp3) is 0.524. The molecule has 0 unspecified atom stereocenters. The van der Waals surface area contributed by atoms with Gasteiger partial charge in [-0.15, -0.1) is 0 Å². The number of alkyl halides is 3. The van der Waals surface area contributed by atoms with Gasteiger partial charge in [-0.1, -0.05) is 25.3 Å². The van der Waals surface area contributed by atoms with E-state index in [9.17, 15) is 18.0 Å². The van der Waals surface area contributed by atoms with Gasteiger partial charge in [0.05, 0.1) is 6.04 Å². The summed E-state index contributed by atoms with van der Waals surface area (Å²) >= 11 is 0. The standard InChI is InChI=1S/C21H23F3N4O3/c22-21(23,24)18-9-14(12-6-7-16-17(8-12)31-11-30-16)26-19-10-15(27-28(18)19)20(29)25-13-4-2-1-3-5-13/h6-8,10,13-14,18,26H,1-5,9,11H2,(H,25,29)/t14-,18-/m1/s1. The number of rotatable bonds is 3. The molecule has 2 aromatic rings. The van der Waals surface area contributed by atoms with Crippen LogP contribution in [0.3, 0.4) is 0 Å². The summed E-state index contributed by atoms with van der Waals surface area (Å²) in [6.45, 7) is 0.0916. The monoisotopic (exact) mass is 436 g/mol. The quantitative estimate of drug-likeness (QED) is 0.749. The lowest BCUT2D eigenvalue weighted by atomic mass is 9.95. The van der Waals surface area contributed by atoms with Gasteiger partial charge in [0.2, 0.25) is 6.79 Å². The summed E-state index contributed by atoms with van der Waals surface area (Å²) in [5.41, 5.74) is 0.646. The predicted octanol–water partition coefficient (Wildman–Crippen LogP) is 4.33. The van der Waals surface area contributed by atoms with Crippen molar-refractivity contribution in [3.63, 3.8) is 0 Å². The van der Waals surface area contributed by atoms with Crippen molar-refractivity contribution < 1.29 is 27.4 Å². The van der Waals surface area contributed by atoms with Gasteiger partial charge in [0.25, 0.3) is 5.91 Å². The van der Waals surface area contributed by atoms with E-state index in [2.05, 4.69) is 15.7 Å². The molecule has 1 fully saturated rings. The first kappa shape index (κ1) is 20.0. The minimum atomic E-state index is -4.51. The van der Waals surface area contributed by atoms with Crippen LogP contribution in [0, 0.1) is 0 Å². The fourth-order valence-electron chi connectivity index (χ4n) is 4.54. The molecule has 10 heteroatoms. The normalized spacial score (nSPS) is 23.2. The number of carbonyl (C=O) groups is 1. The number of carbonyl (C=O) groups excluding carboxylic acids is 1. The Morgan fingerprint density at radius 3 is 2.68 bits per heavy atom. The molecular weight excluding hydrogens is 413 g/mol. The van der Waals surface area contributed by atoms with Gasteiger partial charge >= 0.3 is 6.18 Å². The van der Waals surface area contributed by atoms with Crippen LogP contribution >= 0.6 is 0 Å². The summed E-state index contributed by atoms with van der Waals surface area (Å²) in [5.74, 6) is 0.814.